The van der Waals surface area contributed by atoms with Crippen LogP contribution in [0.15, 0.2) is 24.3 Å². The van der Waals surface area contributed by atoms with E-state index in [0.29, 0.717) is 15.6 Å². The number of carboxylic acids is 2. The lowest BCUT2D eigenvalue weighted by Crippen LogP contribution is -2.11. The summed E-state index contributed by atoms with van der Waals surface area (Å²) in [6.07, 6.45) is 0. The molecule has 104 valence electrons. The van der Waals surface area contributed by atoms with Crippen LogP contribution in [0.3, 0.4) is 0 Å². The highest BCUT2D eigenvalue weighted by Crippen LogP contribution is 2.22. The van der Waals surface area contributed by atoms with Gasteiger partial charge in [0.05, 0.1) is 6.54 Å². The van der Waals surface area contributed by atoms with E-state index in [0.717, 1.165) is 10.7 Å². The van der Waals surface area contributed by atoms with Crippen molar-refractivity contribution in [2.45, 2.75) is 6.54 Å². The first-order valence-corrected chi connectivity index (χ1v) is 6.12. The highest BCUT2D eigenvalue weighted by molar-refractivity contribution is 6.35. The number of rotatable bonds is 4. The molecular formula is C12H8Cl2N2O4. The van der Waals surface area contributed by atoms with Crippen LogP contribution in [0.1, 0.15) is 26.5 Å². The zero-order valence-electron chi connectivity index (χ0n) is 9.88. The maximum atomic E-state index is 11.1. The van der Waals surface area contributed by atoms with Gasteiger partial charge in [0.1, 0.15) is 5.69 Å². The summed E-state index contributed by atoms with van der Waals surface area (Å²) in [6.45, 7) is 0.0327. The van der Waals surface area contributed by atoms with Crippen LogP contribution in [-0.4, -0.2) is 31.9 Å². The second-order valence-corrected chi connectivity index (χ2v) is 4.76. The van der Waals surface area contributed by atoms with Gasteiger partial charge in [0.15, 0.2) is 5.69 Å². The van der Waals surface area contributed by atoms with Crippen LogP contribution in [0.2, 0.25) is 10.0 Å². The highest BCUT2D eigenvalue weighted by Gasteiger charge is 2.18. The van der Waals surface area contributed by atoms with E-state index in [2.05, 4.69) is 5.10 Å². The molecule has 2 rings (SSSR count). The molecule has 2 N–H and O–H groups in total. The largest absolute Gasteiger partial charge is 0.477 e. The van der Waals surface area contributed by atoms with E-state index in [4.69, 9.17) is 33.4 Å². The SMILES string of the molecule is O=C(O)c1cc(C(=O)O)n(Cc2ccc(Cl)cc2Cl)n1. The summed E-state index contributed by atoms with van der Waals surface area (Å²) in [4.78, 5) is 21.9. The predicted molar refractivity (Wildman–Crippen MR) is 71.7 cm³/mol. The average molecular weight is 315 g/mol. The van der Waals surface area contributed by atoms with E-state index in [9.17, 15) is 9.59 Å². The molecule has 0 bridgehead atoms. The van der Waals surface area contributed by atoms with Crippen LogP contribution in [0.4, 0.5) is 0 Å². The van der Waals surface area contributed by atoms with Gasteiger partial charge >= 0.3 is 11.9 Å². The Kier molecular flexibility index (Phi) is 3.96. The van der Waals surface area contributed by atoms with Crippen molar-refractivity contribution in [1.82, 2.24) is 9.78 Å². The molecule has 0 aliphatic heterocycles. The molecule has 0 radical (unpaired) electrons. The van der Waals surface area contributed by atoms with Gasteiger partial charge in [-0.1, -0.05) is 29.3 Å². The first-order valence-electron chi connectivity index (χ1n) is 5.37. The molecule has 1 heterocycles. The van der Waals surface area contributed by atoms with E-state index in [1.54, 1.807) is 12.1 Å². The lowest BCUT2D eigenvalue weighted by molar-refractivity contribution is 0.0676. The number of hydrogen-bond donors (Lipinski definition) is 2. The molecule has 0 saturated heterocycles. The third kappa shape index (κ3) is 2.92. The summed E-state index contributed by atoms with van der Waals surface area (Å²) >= 11 is 11.8. The third-order valence-corrected chi connectivity index (χ3v) is 3.14. The summed E-state index contributed by atoms with van der Waals surface area (Å²) in [7, 11) is 0. The Labute approximate surface area is 123 Å². The fraction of sp³-hybridized carbons (Fsp3) is 0.0833. The molecule has 1 aromatic carbocycles. The topological polar surface area (TPSA) is 92.4 Å². The molecule has 20 heavy (non-hydrogen) atoms. The van der Waals surface area contributed by atoms with Crippen molar-refractivity contribution < 1.29 is 19.8 Å². The first kappa shape index (κ1) is 14.4. The summed E-state index contributed by atoms with van der Waals surface area (Å²) in [5.74, 6) is -2.57. The number of aromatic carboxylic acids is 2. The Hall–Kier alpha value is -2.05. The van der Waals surface area contributed by atoms with Crippen LogP contribution < -0.4 is 0 Å². The predicted octanol–water partition coefficient (Wildman–Crippen LogP) is 2.63. The molecule has 0 atom stereocenters. The normalized spacial score (nSPS) is 10.5. The molecule has 0 spiro atoms. The van der Waals surface area contributed by atoms with E-state index in [-0.39, 0.29) is 17.9 Å². The maximum Gasteiger partial charge on any atom is 0.356 e. The van der Waals surface area contributed by atoms with E-state index in [1.165, 1.54) is 6.07 Å². The Morgan fingerprint density at radius 3 is 2.40 bits per heavy atom. The Morgan fingerprint density at radius 1 is 1.15 bits per heavy atom. The lowest BCUT2D eigenvalue weighted by atomic mass is 10.2. The van der Waals surface area contributed by atoms with Gasteiger partial charge in [-0.15, -0.1) is 0 Å². The second kappa shape index (κ2) is 5.52. The van der Waals surface area contributed by atoms with Gasteiger partial charge in [0, 0.05) is 16.1 Å². The van der Waals surface area contributed by atoms with Crippen molar-refractivity contribution >= 4 is 35.1 Å². The summed E-state index contributed by atoms with van der Waals surface area (Å²) in [6, 6.07) is 5.73. The van der Waals surface area contributed by atoms with Gasteiger partial charge in [0.25, 0.3) is 0 Å². The summed E-state index contributed by atoms with van der Waals surface area (Å²) in [5, 5.41) is 22.4. The second-order valence-electron chi connectivity index (χ2n) is 3.92. The molecule has 0 unspecified atom stereocenters. The molecule has 0 aliphatic rings. The minimum absolute atomic E-state index is 0.0327. The Bertz CT molecular complexity index is 697. The number of benzene rings is 1. The van der Waals surface area contributed by atoms with Gasteiger partial charge in [-0.25, -0.2) is 9.59 Å². The molecule has 0 saturated carbocycles. The number of carbonyl (C=O) groups is 2. The van der Waals surface area contributed by atoms with Gasteiger partial charge in [-0.05, 0) is 17.7 Å². The highest BCUT2D eigenvalue weighted by atomic mass is 35.5. The standard InChI is InChI=1S/C12H8Cl2N2O4/c13-7-2-1-6(8(14)3-7)5-16-10(12(19)20)4-9(15-16)11(17)18/h1-4H,5H2,(H,17,18)(H,19,20). The van der Waals surface area contributed by atoms with Crippen molar-refractivity contribution in [3.05, 3.63) is 51.3 Å². The van der Waals surface area contributed by atoms with Gasteiger partial charge < -0.3 is 10.2 Å². The summed E-state index contributed by atoms with van der Waals surface area (Å²) in [5.41, 5.74) is 0.0134. The average Bonchev–Trinajstić information content (AvgIpc) is 2.77. The number of halogens is 2. The molecule has 0 fully saturated rings. The van der Waals surface area contributed by atoms with E-state index in [1.807, 2.05) is 0 Å². The maximum absolute atomic E-state index is 11.1. The molecular weight excluding hydrogens is 307 g/mol. The Balaban J connectivity index is 2.42. The monoisotopic (exact) mass is 314 g/mol. The van der Waals surface area contributed by atoms with Crippen LogP contribution in [-0.2, 0) is 6.54 Å². The smallest absolute Gasteiger partial charge is 0.356 e. The van der Waals surface area contributed by atoms with Gasteiger partial charge in [-0.2, -0.15) is 5.10 Å². The fourth-order valence-corrected chi connectivity index (χ4v) is 2.09. The van der Waals surface area contributed by atoms with Crippen molar-refractivity contribution in [3.63, 3.8) is 0 Å². The minimum Gasteiger partial charge on any atom is -0.477 e. The van der Waals surface area contributed by atoms with Crippen LogP contribution >= 0.6 is 23.2 Å². The summed E-state index contributed by atoms with van der Waals surface area (Å²) < 4.78 is 1.07. The zero-order valence-corrected chi connectivity index (χ0v) is 11.4. The van der Waals surface area contributed by atoms with Crippen LogP contribution in [0.25, 0.3) is 0 Å². The first-order chi connectivity index (χ1) is 9.38. The van der Waals surface area contributed by atoms with Crippen LogP contribution in [0.5, 0.6) is 0 Å². The number of carboxylic acid groups (broad SMARTS) is 2. The zero-order chi connectivity index (χ0) is 14.9. The van der Waals surface area contributed by atoms with Crippen molar-refractivity contribution in [3.8, 4) is 0 Å². The van der Waals surface area contributed by atoms with Crippen molar-refractivity contribution in [2.75, 3.05) is 0 Å². The Morgan fingerprint density at radius 2 is 1.85 bits per heavy atom. The molecule has 8 heteroatoms. The number of nitrogens with zero attached hydrogens (tertiary/aromatic N) is 2. The van der Waals surface area contributed by atoms with Gasteiger partial charge in [-0.3, -0.25) is 4.68 Å². The third-order valence-electron chi connectivity index (χ3n) is 2.55. The van der Waals surface area contributed by atoms with E-state index < -0.39 is 11.9 Å². The number of aromatic nitrogens is 2. The van der Waals surface area contributed by atoms with Crippen LogP contribution in [0, 0.1) is 0 Å². The molecule has 1 aromatic heterocycles. The quantitative estimate of drug-likeness (QED) is 0.905. The van der Waals surface area contributed by atoms with Gasteiger partial charge in [0.2, 0.25) is 0 Å². The van der Waals surface area contributed by atoms with Crippen molar-refractivity contribution in [1.29, 1.82) is 0 Å². The fourth-order valence-electron chi connectivity index (χ4n) is 1.63. The molecule has 6 nitrogen and oxygen atoms in total. The minimum atomic E-state index is -1.30. The molecule has 0 aliphatic carbocycles. The lowest BCUT2D eigenvalue weighted by Gasteiger charge is -2.07. The van der Waals surface area contributed by atoms with Crippen molar-refractivity contribution in [2.24, 2.45) is 0 Å². The number of hydrogen-bond acceptors (Lipinski definition) is 3. The molecule has 2 aromatic rings. The molecule has 0 amide bonds. The van der Waals surface area contributed by atoms with E-state index >= 15 is 0 Å².